The van der Waals surface area contributed by atoms with E-state index in [4.69, 9.17) is 4.74 Å². The Hall–Kier alpha value is -2.24. The average molecular weight is 504 g/mol. The van der Waals surface area contributed by atoms with Crippen LogP contribution in [0.15, 0.2) is 47.4 Å². The molecule has 1 unspecified atom stereocenters. The highest BCUT2D eigenvalue weighted by Crippen LogP contribution is 2.34. The Morgan fingerprint density at radius 3 is 2.27 bits per heavy atom. The molecule has 1 atom stereocenters. The van der Waals surface area contributed by atoms with E-state index < -0.39 is 38.3 Å². The fourth-order valence-electron chi connectivity index (χ4n) is 3.74. The van der Waals surface area contributed by atoms with Gasteiger partial charge in [-0.05, 0) is 35.6 Å². The van der Waals surface area contributed by atoms with Crippen molar-refractivity contribution in [2.45, 2.75) is 50.3 Å². The van der Waals surface area contributed by atoms with Gasteiger partial charge in [-0.25, -0.2) is 16.8 Å². The van der Waals surface area contributed by atoms with Crippen molar-refractivity contribution >= 4 is 19.9 Å². The van der Waals surface area contributed by atoms with Crippen molar-refractivity contribution in [2.24, 2.45) is 0 Å². The smallest absolute Gasteiger partial charge is 0.387 e. The number of hydrogen-bond acceptors (Lipinski definition) is 6. The van der Waals surface area contributed by atoms with Crippen LogP contribution in [0, 0.1) is 0 Å². The second kappa shape index (κ2) is 9.94. The van der Waals surface area contributed by atoms with Crippen molar-refractivity contribution in [1.29, 1.82) is 0 Å². The first kappa shape index (κ1) is 25.4. The molecule has 0 saturated carbocycles. The standard InChI is InChI=1S/C22H27F2NO6S2/c1-15(2)17-6-4-16(5-7-17)13-25(18-10-11-32(26,27)14-18)33(28,29)19-8-9-20(30-3)21(12-19)31-22(23)24/h4-9,12,15,18,22H,10-11,13-14H2,1-3H3. The molecule has 11 heteroatoms. The predicted octanol–water partition coefficient (Wildman–Crippen LogP) is 3.80. The van der Waals surface area contributed by atoms with Crippen LogP contribution in [0.3, 0.4) is 0 Å². The van der Waals surface area contributed by atoms with Crippen molar-refractivity contribution in [2.75, 3.05) is 18.6 Å². The molecule has 1 saturated heterocycles. The molecule has 1 heterocycles. The summed E-state index contributed by atoms with van der Waals surface area (Å²) < 4.78 is 87.6. The molecule has 1 fully saturated rings. The van der Waals surface area contributed by atoms with Crippen LogP contribution in [0.25, 0.3) is 0 Å². The van der Waals surface area contributed by atoms with Gasteiger partial charge >= 0.3 is 6.61 Å². The topological polar surface area (TPSA) is 90.0 Å². The van der Waals surface area contributed by atoms with Gasteiger partial charge in [0.2, 0.25) is 10.0 Å². The number of sulfone groups is 1. The number of alkyl halides is 2. The number of rotatable bonds is 9. The van der Waals surface area contributed by atoms with Gasteiger partial charge in [-0.3, -0.25) is 0 Å². The molecule has 33 heavy (non-hydrogen) atoms. The van der Waals surface area contributed by atoms with E-state index in [2.05, 4.69) is 4.74 Å². The van der Waals surface area contributed by atoms with E-state index in [0.29, 0.717) is 11.5 Å². The lowest BCUT2D eigenvalue weighted by atomic mass is 10.0. The highest BCUT2D eigenvalue weighted by Gasteiger charge is 2.39. The van der Waals surface area contributed by atoms with Gasteiger partial charge in [-0.15, -0.1) is 0 Å². The second-order valence-electron chi connectivity index (χ2n) is 8.19. The molecule has 0 amide bonds. The van der Waals surface area contributed by atoms with Gasteiger partial charge < -0.3 is 9.47 Å². The van der Waals surface area contributed by atoms with Gasteiger partial charge in [-0.1, -0.05) is 38.1 Å². The lowest BCUT2D eigenvalue weighted by Crippen LogP contribution is -2.40. The van der Waals surface area contributed by atoms with Crippen LogP contribution in [0.5, 0.6) is 11.5 Å². The molecule has 0 N–H and O–H groups in total. The minimum atomic E-state index is -4.25. The van der Waals surface area contributed by atoms with Gasteiger partial charge in [0.1, 0.15) is 0 Å². The molecule has 3 rings (SSSR count). The van der Waals surface area contributed by atoms with Crippen LogP contribution < -0.4 is 9.47 Å². The van der Waals surface area contributed by atoms with E-state index in [9.17, 15) is 25.6 Å². The zero-order chi connectivity index (χ0) is 24.4. The number of ether oxygens (including phenoxy) is 2. The third-order valence-electron chi connectivity index (χ3n) is 5.56. The number of methoxy groups -OCH3 is 1. The summed E-state index contributed by atoms with van der Waals surface area (Å²) in [6.07, 6.45) is 0.155. The molecular formula is C22H27F2NO6S2. The Morgan fingerprint density at radius 1 is 1.09 bits per heavy atom. The summed E-state index contributed by atoms with van der Waals surface area (Å²) in [6.45, 7) is 0.848. The Labute approximate surface area is 193 Å². The van der Waals surface area contributed by atoms with Crippen molar-refractivity contribution < 1.29 is 35.1 Å². The summed E-state index contributed by atoms with van der Waals surface area (Å²) in [5.74, 6) is -0.584. The molecule has 2 aromatic rings. The molecule has 2 aromatic carbocycles. The molecular weight excluding hydrogens is 476 g/mol. The molecule has 0 spiro atoms. The molecule has 182 valence electrons. The Kier molecular flexibility index (Phi) is 7.65. The van der Waals surface area contributed by atoms with Crippen molar-refractivity contribution in [1.82, 2.24) is 4.31 Å². The minimum Gasteiger partial charge on any atom is -0.493 e. The van der Waals surface area contributed by atoms with Gasteiger partial charge in [0.25, 0.3) is 0 Å². The Morgan fingerprint density at radius 2 is 1.76 bits per heavy atom. The first-order chi connectivity index (χ1) is 15.4. The van der Waals surface area contributed by atoms with E-state index in [1.54, 1.807) is 12.1 Å². The summed E-state index contributed by atoms with van der Waals surface area (Å²) in [6, 6.07) is 10.1. The third kappa shape index (κ3) is 6.01. The van der Waals surface area contributed by atoms with Crippen LogP contribution in [-0.2, 0) is 26.4 Å². The van der Waals surface area contributed by atoms with E-state index in [-0.39, 0.29) is 35.1 Å². The molecule has 0 bridgehead atoms. The van der Waals surface area contributed by atoms with Crippen LogP contribution in [0.4, 0.5) is 8.78 Å². The molecule has 7 nitrogen and oxygen atoms in total. The molecule has 1 aliphatic heterocycles. The lowest BCUT2D eigenvalue weighted by Gasteiger charge is -2.28. The molecule has 0 aromatic heterocycles. The van der Waals surface area contributed by atoms with Crippen LogP contribution in [0.1, 0.15) is 37.3 Å². The van der Waals surface area contributed by atoms with E-state index >= 15 is 0 Å². The number of nitrogens with zero attached hydrogens (tertiary/aromatic N) is 1. The van der Waals surface area contributed by atoms with Crippen molar-refractivity contribution in [3.05, 3.63) is 53.6 Å². The van der Waals surface area contributed by atoms with E-state index in [1.807, 2.05) is 26.0 Å². The third-order valence-corrected chi connectivity index (χ3v) is 9.20. The maximum atomic E-state index is 13.6. The van der Waals surface area contributed by atoms with E-state index in [1.165, 1.54) is 19.2 Å². The predicted molar refractivity (Wildman–Crippen MR) is 120 cm³/mol. The molecule has 0 aliphatic carbocycles. The SMILES string of the molecule is COc1ccc(S(=O)(=O)N(Cc2ccc(C(C)C)cc2)C2CCS(=O)(=O)C2)cc1OC(F)F. The fraction of sp³-hybridized carbons (Fsp3) is 0.455. The molecule has 0 radical (unpaired) electrons. The first-order valence-electron chi connectivity index (χ1n) is 10.4. The van der Waals surface area contributed by atoms with Gasteiger partial charge in [-0.2, -0.15) is 13.1 Å². The van der Waals surface area contributed by atoms with Gasteiger partial charge in [0, 0.05) is 18.7 Å². The lowest BCUT2D eigenvalue weighted by molar-refractivity contribution is -0.0513. The summed E-state index contributed by atoms with van der Waals surface area (Å²) in [5, 5.41) is 0. The average Bonchev–Trinajstić information content (AvgIpc) is 3.10. The summed E-state index contributed by atoms with van der Waals surface area (Å²) in [5.41, 5.74) is 1.77. The highest BCUT2D eigenvalue weighted by atomic mass is 32.2. The fourth-order valence-corrected chi connectivity index (χ4v) is 7.23. The van der Waals surface area contributed by atoms with Crippen LogP contribution in [-0.4, -0.2) is 52.4 Å². The number of halogens is 2. The quantitative estimate of drug-likeness (QED) is 0.517. The first-order valence-corrected chi connectivity index (χ1v) is 13.6. The van der Waals surface area contributed by atoms with Crippen LogP contribution >= 0.6 is 0 Å². The number of hydrogen-bond donors (Lipinski definition) is 0. The number of benzene rings is 2. The maximum Gasteiger partial charge on any atom is 0.387 e. The minimum absolute atomic E-state index is 0.0477. The van der Waals surface area contributed by atoms with Gasteiger partial charge in [0.15, 0.2) is 21.3 Å². The largest absolute Gasteiger partial charge is 0.493 e. The summed E-state index contributed by atoms with van der Waals surface area (Å²) >= 11 is 0. The number of sulfonamides is 1. The zero-order valence-electron chi connectivity index (χ0n) is 18.6. The Bertz CT molecular complexity index is 1180. The highest BCUT2D eigenvalue weighted by molar-refractivity contribution is 7.92. The Balaban J connectivity index is 2.02. The monoisotopic (exact) mass is 503 g/mol. The maximum absolute atomic E-state index is 13.6. The molecule has 1 aliphatic rings. The van der Waals surface area contributed by atoms with E-state index in [0.717, 1.165) is 15.9 Å². The van der Waals surface area contributed by atoms with Crippen molar-refractivity contribution in [3.63, 3.8) is 0 Å². The van der Waals surface area contributed by atoms with Gasteiger partial charge in [0.05, 0.1) is 23.5 Å². The van der Waals surface area contributed by atoms with Crippen LogP contribution in [0.2, 0.25) is 0 Å². The van der Waals surface area contributed by atoms with Crippen molar-refractivity contribution in [3.8, 4) is 11.5 Å². The normalized spacial score (nSPS) is 18.2. The zero-order valence-corrected chi connectivity index (χ0v) is 20.2. The summed E-state index contributed by atoms with van der Waals surface area (Å²) in [4.78, 5) is -0.290. The summed E-state index contributed by atoms with van der Waals surface area (Å²) in [7, 11) is -6.38. The second-order valence-corrected chi connectivity index (χ2v) is 12.3.